The Bertz CT molecular complexity index is 553. The van der Waals surface area contributed by atoms with E-state index in [0.717, 1.165) is 32.5 Å². The lowest BCUT2D eigenvalue weighted by Crippen LogP contribution is -2.53. The molecule has 1 aromatic rings. The molecule has 1 N–H and O–H groups in total. The van der Waals surface area contributed by atoms with Gasteiger partial charge in [0.05, 0.1) is 5.54 Å². The number of rotatable bonds is 5. The maximum Gasteiger partial charge on any atom is 0.262 e. The minimum absolute atomic E-state index is 0.226. The second kappa shape index (κ2) is 5.25. The predicted molar refractivity (Wildman–Crippen MR) is 81.1 cm³/mol. The maximum absolute atomic E-state index is 15.0. The average molecular weight is 311 g/mol. The van der Waals surface area contributed by atoms with E-state index in [2.05, 4.69) is 10.2 Å². The molecule has 3 nitrogen and oxygen atoms in total. The van der Waals surface area contributed by atoms with Crippen LogP contribution in [0.5, 0.6) is 0 Å². The van der Waals surface area contributed by atoms with Crippen LogP contribution < -0.4 is 5.32 Å². The van der Waals surface area contributed by atoms with Crippen molar-refractivity contribution in [2.24, 2.45) is 0 Å². The third kappa shape index (κ3) is 2.92. The summed E-state index contributed by atoms with van der Waals surface area (Å²) in [6.07, 6.45) is 3.06. The molecular formula is C16H20ClFN2O. The third-order valence-electron chi connectivity index (χ3n) is 4.51. The summed E-state index contributed by atoms with van der Waals surface area (Å²) in [6, 6.07) is 6.59. The fourth-order valence-electron chi connectivity index (χ4n) is 2.76. The molecule has 1 aromatic carbocycles. The van der Waals surface area contributed by atoms with Crippen LogP contribution in [0.3, 0.4) is 0 Å². The van der Waals surface area contributed by atoms with E-state index < -0.39 is 11.6 Å². The predicted octanol–water partition coefficient (Wildman–Crippen LogP) is 2.88. The Morgan fingerprint density at radius 2 is 2.10 bits per heavy atom. The fourth-order valence-corrected chi connectivity index (χ4v) is 3.08. The van der Waals surface area contributed by atoms with Gasteiger partial charge in [-0.1, -0.05) is 29.8 Å². The van der Waals surface area contributed by atoms with E-state index in [0.29, 0.717) is 0 Å². The number of carbonyl (C=O) groups is 1. The van der Waals surface area contributed by atoms with E-state index >= 15 is 0 Å². The molecule has 1 amide bonds. The van der Waals surface area contributed by atoms with E-state index in [9.17, 15) is 9.18 Å². The number of carbonyl (C=O) groups excluding carboxylic acids is 1. The normalized spacial score (nSPS) is 23.0. The van der Waals surface area contributed by atoms with Gasteiger partial charge in [-0.05, 0) is 45.3 Å². The molecule has 3 rings (SSSR count). The number of alkyl halides is 1. The molecule has 21 heavy (non-hydrogen) atoms. The quantitative estimate of drug-likeness (QED) is 0.907. The molecule has 0 bridgehead atoms. The first-order valence-corrected chi connectivity index (χ1v) is 7.80. The molecule has 2 aliphatic rings. The zero-order chi connectivity index (χ0) is 15.1. The lowest BCUT2D eigenvalue weighted by atomic mass is 9.96. The number of nitrogens with zero attached hydrogens (tertiary/aromatic N) is 1. The molecular weight excluding hydrogens is 291 g/mol. The van der Waals surface area contributed by atoms with E-state index in [-0.39, 0.29) is 16.1 Å². The monoisotopic (exact) mass is 310 g/mol. The summed E-state index contributed by atoms with van der Waals surface area (Å²) in [5, 5.41) is 3.20. The van der Waals surface area contributed by atoms with Crippen molar-refractivity contribution in [3.63, 3.8) is 0 Å². The van der Waals surface area contributed by atoms with Gasteiger partial charge in [-0.2, -0.15) is 0 Å². The Morgan fingerprint density at radius 3 is 2.62 bits per heavy atom. The standard InChI is InChI=1S/C16H20ClFN2O/c1-15(18,12-5-2-3-6-13(12)17)14(21)19-16(7-8-16)11-20-9-4-10-20/h2-3,5-6H,4,7-11H2,1H3,(H,19,21). The van der Waals surface area contributed by atoms with Gasteiger partial charge >= 0.3 is 0 Å². The number of halogens is 2. The smallest absolute Gasteiger partial charge is 0.262 e. The van der Waals surface area contributed by atoms with Gasteiger partial charge in [-0.3, -0.25) is 4.79 Å². The van der Waals surface area contributed by atoms with Crippen LogP contribution in [-0.2, 0) is 10.5 Å². The van der Waals surface area contributed by atoms with Crippen molar-refractivity contribution >= 4 is 17.5 Å². The molecule has 114 valence electrons. The molecule has 2 fully saturated rings. The van der Waals surface area contributed by atoms with Crippen molar-refractivity contribution < 1.29 is 9.18 Å². The van der Waals surface area contributed by atoms with Gasteiger partial charge in [0.1, 0.15) is 0 Å². The summed E-state index contributed by atoms with van der Waals surface area (Å²) in [4.78, 5) is 14.7. The lowest BCUT2D eigenvalue weighted by Gasteiger charge is -2.35. The van der Waals surface area contributed by atoms with Gasteiger partial charge in [0.2, 0.25) is 5.67 Å². The van der Waals surface area contributed by atoms with Crippen LogP contribution >= 0.6 is 11.6 Å². The summed E-state index contributed by atoms with van der Waals surface area (Å²) in [5.41, 5.74) is -2.11. The van der Waals surface area contributed by atoms with Crippen LogP contribution in [0.15, 0.2) is 24.3 Å². The molecule has 1 atom stereocenters. The van der Waals surface area contributed by atoms with Crippen LogP contribution in [-0.4, -0.2) is 36.0 Å². The highest BCUT2D eigenvalue weighted by molar-refractivity contribution is 6.31. The van der Waals surface area contributed by atoms with Crippen molar-refractivity contribution in [1.29, 1.82) is 0 Å². The highest BCUT2D eigenvalue weighted by atomic mass is 35.5. The summed E-state index contributed by atoms with van der Waals surface area (Å²) in [5.74, 6) is -0.589. The molecule has 1 aliphatic heterocycles. The molecule has 1 heterocycles. The first kappa shape index (κ1) is 14.8. The van der Waals surface area contributed by atoms with Gasteiger partial charge in [-0.25, -0.2) is 4.39 Å². The molecule has 5 heteroatoms. The minimum atomic E-state index is -2.11. The lowest BCUT2D eigenvalue weighted by molar-refractivity contribution is -0.133. The van der Waals surface area contributed by atoms with Gasteiger partial charge in [-0.15, -0.1) is 0 Å². The number of hydrogen-bond acceptors (Lipinski definition) is 2. The third-order valence-corrected chi connectivity index (χ3v) is 4.84. The SMILES string of the molecule is CC(F)(C(=O)NC1(CN2CCC2)CC1)c1ccccc1Cl. The molecule has 1 saturated carbocycles. The molecule has 1 saturated heterocycles. The average Bonchev–Trinajstić information content (AvgIpc) is 3.14. The second-order valence-electron chi connectivity index (χ2n) is 6.35. The van der Waals surface area contributed by atoms with Crippen LogP contribution in [0.2, 0.25) is 5.02 Å². The number of benzene rings is 1. The Labute approximate surface area is 129 Å². The van der Waals surface area contributed by atoms with Gasteiger partial charge < -0.3 is 10.2 Å². The Hall–Kier alpha value is -1.13. The van der Waals surface area contributed by atoms with Crippen molar-refractivity contribution in [3.05, 3.63) is 34.9 Å². The fraction of sp³-hybridized carbons (Fsp3) is 0.562. The van der Waals surface area contributed by atoms with Crippen molar-refractivity contribution in [2.75, 3.05) is 19.6 Å². The first-order valence-electron chi connectivity index (χ1n) is 7.42. The topological polar surface area (TPSA) is 32.3 Å². The summed E-state index contributed by atoms with van der Waals surface area (Å²) >= 11 is 6.03. The summed E-state index contributed by atoms with van der Waals surface area (Å²) in [7, 11) is 0. The molecule has 0 spiro atoms. The number of hydrogen-bond donors (Lipinski definition) is 1. The zero-order valence-electron chi connectivity index (χ0n) is 12.2. The van der Waals surface area contributed by atoms with E-state index in [1.165, 1.54) is 13.3 Å². The molecule has 1 aliphatic carbocycles. The van der Waals surface area contributed by atoms with Crippen LogP contribution in [0.1, 0.15) is 31.7 Å². The number of likely N-dealkylation sites (tertiary alicyclic amines) is 1. The first-order chi connectivity index (χ1) is 9.93. The second-order valence-corrected chi connectivity index (χ2v) is 6.75. The summed E-state index contributed by atoms with van der Waals surface area (Å²) in [6.45, 7) is 4.27. The van der Waals surface area contributed by atoms with Gasteiger partial charge in [0.25, 0.3) is 5.91 Å². The Balaban J connectivity index is 1.71. The number of amides is 1. The van der Waals surface area contributed by atoms with Crippen molar-refractivity contribution in [1.82, 2.24) is 10.2 Å². The number of nitrogens with one attached hydrogen (secondary N) is 1. The largest absolute Gasteiger partial charge is 0.346 e. The Kier molecular flexibility index (Phi) is 3.70. The highest BCUT2D eigenvalue weighted by Crippen LogP contribution is 2.39. The highest BCUT2D eigenvalue weighted by Gasteiger charge is 2.49. The van der Waals surface area contributed by atoms with Crippen LogP contribution in [0.4, 0.5) is 4.39 Å². The zero-order valence-corrected chi connectivity index (χ0v) is 12.9. The van der Waals surface area contributed by atoms with E-state index in [1.54, 1.807) is 24.3 Å². The summed E-state index contributed by atoms with van der Waals surface area (Å²) < 4.78 is 15.0. The maximum atomic E-state index is 15.0. The Morgan fingerprint density at radius 1 is 1.43 bits per heavy atom. The van der Waals surface area contributed by atoms with Gasteiger partial charge in [0.15, 0.2) is 0 Å². The minimum Gasteiger partial charge on any atom is -0.346 e. The van der Waals surface area contributed by atoms with Crippen LogP contribution in [0, 0.1) is 0 Å². The van der Waals surface area contributed by atoms with Crippen molar-refractivity contribution in [2.45, 2.75) is 37.4 Å². The molecule has 0 aromatic heterocycles. The molecule has 0 radical (unpaired) electrons. The van der Waals surface area contributed by atoms with Crippen LogP contribution in [0.25, 0.3) is 0 Å². The van der Waals surface area contributed by atoms with Crippen molar-refractivity contribution in [3.8, 4) is 0 Å². The molecule has 1 unspecified atom stereocenters. The van der Waals surface area contributed by atoms with E-state index in [4.69, 9.17) is 11.6 Å². The van der Waals surface area contributed by atoms with Gasteiger partial charge in [0, 0.05) is 17.1 Å². The van der Waals surface area contributed by atoms with E-state index in [1.807, 2.05) is 0 Å².